The van der Waals surface area contributed by atoms with Crippen molar-refractivity contribution in [3.05, 3.63) is 35.9 Å². The van der Waals surface area contributed by atoms with Crippen LogP contribution in [0.25, 0.3) is 0 Å². The fraction of sp³-hybridized carbons (Fsp3) is 0.600. The van der Waals surface area contributed by atoms with Crippen LogP contribution in [0, 0.1) is 5.41 Å². The second-order valence-electron chi connectivity index (χ2n) is 5.93. The Labute approximate surface area is 104 Å². The highest BCUT2D eigenvalue weighted by atomic mass is 16.5. The summed E-state index contributed by atoms with van der Waals surface area (Å²) in [6, 6.07) is 10.9. The third-order valence-electron chi connectivity index (χ3n) is 4.05. The number of nitrogens with zero attached hydrogens (tertiary/aromatic N) is 1. The minimum atomic E-state index is 0.422. The number of hydrogen-bond acceptors (Lipinski definition) is 2. The van der Waals surface area contributed by atoms with Gasteiger partial charge in [-0.25, -0.2) is 0 Å². The molecule has 1 atom stereocenters. The average Bonchev–Trinajstić information content (AvgIpc) is 2.77. The van der Waals surface area contributed by atoms with E-state index in [0.29, 0.717) is 5.41 Å². The summed E-state index contributed by atoms with van der Waals surface area (Å²) in [5.74, 6) is 0.737. The van der Waals surface area contributed by atoms with Gasteiger partial charge in [0.25, 0.3) is 0 Å². The quantitative estimate of drug-likeness (QED) is 0.792. The molecule has 2 saturated heterocycles. The van der Waals surface area contributed by atoms with Gasteiger partial charge in [-0.1, -0.05) is 37.3 Å². The molecule has 3 rings (SSSR count). The molecule has 17 heavy (non-hydrogen) atoms. The van der Waals surface area contributed by atoms with Crippen LogP contribution < -0.4 is 0 Å². The number of ether oxygens (including phenoxy) is 1. The molecule has 0 saturated carbocycles. The summed E-state index contributed by atoms with van der Waals surface area (Å²) >= 11 is 0. The maximum Gasteiger partial charge on any atom is 0.0554 e. The van der Waals surface area contributed by atoms with Gasteiger partial charge < -0.3 is 9.64 Å². The highest BCUT2D eigenvalue weighted by Crippen LogP contribution is 2.32. The molecule has 0 aliphatic carbocycles. The third-order valence-corrected chi connectivity index (χ3v) is 4.05. The van der Waals surface area contributed by atoms with Crippen LogP contribution >= 0.6 is 0 Å². The molecule has 2 heteroatoms. The zero-order valence-electron chi connectivity index (χ0n) is 10.6. The molecule has 2 nitrogen and oxygen atoms in total. The third kappa shape index (κ3) is 2.38. The van der Waals surface area contributed by atoms with Gasteiger partial charge in [0, 0.05) is 18.5 Å². The fourth-order valence-corrected chi connectivity index (χ4v) is 3.06. The molecule has 1 aromatic rings. The van der Waals surface area contributed by atoms with Gasteiger partial charge in [-0.15, -0.1) is 0 Å². The maximum atomic E-state index is 5.33. The lowest BCUT2D eigenvalue weighted by Crippen LogP contribution is -2.48. The minimum Gasteiger partial charge on any atom is -0.380 e. The fourth-order valence-electron chi connectivity index (χ4n) is 3.06. The van der Waals surface area contributed by atoms with E-state index < -0.39 is 0 Å². The summed E-state index contributed by atoms with van der Waals surface area (Å²) < 4.78 is 5.33. The smallest absolute Gasteiger partial charge is 0.0554 e. The van der Waals surface area contributed by atoms with Gasteiger partial charge in [-0.05, 0) is 24.4 Å². The van der Waals surface area contributed by atoms with Gasteiger partial charge >= 0.3 is 0 Å². The second kappa shape index (κ2) is 4.43. The van der Waals surface area contributed by atoms with E-state index in [2.05, 4.69) is 42.2 Å². The lowest BCUT2D eigenvalue weighted by Gasteiger charge is -2.40. The summed E-state index contributed by atoms with van der Waals surface area (Å²) in [6.07, 6.45) is 1.31. The number of hydrogen-bond donors (Lipinski definition) is 0. The summed E-state index contributed by atoms with van der Waals surface area (Å²) in [6.45, 7) is 7.90. The van der Waals surface area contributed by atoms with Gasteiger partial charge in [-0.2, -0.15) is 0 Å². The molecule has 1 aromatic carbocycles. The van der Waals surface area contributed by atoms with Crippen LogP contribution in [0.1, 0.15) is 24.8 Å². The Bertz CT molecular complexity index is 372. The topological polar surface area (TPSA) is 12.5 Å². The summed E-state index contributed by atoms with van der Waals surface area (Å²) in [4.78, 5) is 2.61. The van der Waals surface area contributed by atoms with Crippen molar-refractivity contribution in [2.24, 2.45) is 5.41 Å². The molecule has 2 heterocycles. The SMILES string of the molecule is CC1(CN2CC[C@H](c3ccccc3)C2)COC1. The number of likely N-dealkylation sites (tertiary alicyclic amines) is 1. The molecule has 92 valence electrons. The van der Waals surface area contributed by atoms with Crippen LogP contribution in [0.15, 0.2) is 30.3 Å². The van der Waals surface area contributed by atoms with E-state index in [9.17, 15) is 0 Å². The van der Waals surface area contributed by atoms with Crippen LogP contribution in [-0.4, -0.2) is 37.7 Å². The first kappa shape index (κ1) is 11.2. The largest absolute Gasteiger partial charge is 0.380 e. The maximum absolute atomic E-state index is 5.33. The Kier molecular flexibility index (Phi) is 2.93. The first-order chi connectivity index (χ1) is 8.25. The van der Waals surface area contributed by atoms with Crippen LogP contribution in [0.5, 0.6) is 0 Å². The predicted octanol–water partition coefficient (Wildman–Crippen LogP) is 2.51. The molecular formula is C15H21NO. The molecule has 0 unspecified atom stereocenters. The zero-order chi connectivity index (χ0) is 11.7. The van der Waals surface area contributed by atoms with E-state index in [1.165, 1.54) is 31.6 Å². The lowest BCUT2D eigenvalue weighted by atomic mass is 9.88. The Hall–Kier alpha value is -0.860. The number of benzene rings is 1. The first-order valence-electron chi connectivity index (χ1n) is 6.60. The summed E-state index contributed by atoms with van der Waals surface area (Å²) in [5.41, 5.74) is 1.93. The van der Waals surface area contributed by atoms with Crippen molar-refractivity contribution in [3.8, 4) is 0 Å². The van der Waals surface area contributed by atoms with Crippen LogP contribution in [0.3, 0.4) is 0 Å². The van der Waals surface area contributed by atoms with Crippen molar-refractivity contribution >= 4 is 0 Å². The standard InChI is InChI=1S/C15H21NO/c1-15(11-17-12-15)10-16-8-7-14(9-16)13-5-3-2-4-6-13/h2-6,14H,7-12H2,1H3/t14-/m0/s1. The van der Waals surface area contributed by atoms with Crippen LogP contribution in [-0.2, 0) is 4.74 Å². The normalized spacial score (nSPS) is 27.9. The van der Waals surface area contributed by atoms with Gasteiger partial charge in [-0.3, -0.25) is 0 Å². The van der Waals surface area contributed by atoms with E-state index >= 15 is 0 Å². The average molecular weight is 231 g/mol. The van der Waals surface area contributed by atoms with E-state index in [4.69, 9.17) is 4.74 Å². The zero-order valence-corrected chi connectivity index (χ0v) is 10.6. The predicted molar refractivity (Wildman–Crippen MR) is 69.2 cm³/mol. The molecule has 0 amide bonds. The van der Waals surface area contributed by atoms with Crippen molar-refractivity contribution in [3.63, 3.8) is 0 Å². The Morgan fingerprint density at radius 2 is 2.06 bits per heavy atom. The molecular weight excluding hydrogens is 210 g/mol. The summed E-state index contributed by atoms with van der Waals surface area (Å²) in [5, 5.41) is 0. The lowest BCUT2D eigenvalue weighted by molar-refractivity contribution is -0.113. The molecule has 2 fully saturated rings. The van der Waals surface area contributed by atoms with E-state index in [-0.39, 0.29) is 0 Å². The molecule has 2 aliphatic heterocycles. The Morgan fingerprint density at radius 3 is 2.71 bits per heavy atom. The highest BCUT2D eigenvalue weighted by molar-refractivity contribution is 5.21. The minimum absolute atomic E-state index is 0.422. The number of rotatable bonds is 3. The Morgan fingerprint density at radius 1 is 1.29 bits per heavy atom. The van der Waals surface area contributed by atoms with Gasteiger partial charge in [0.2, 0.25) is 0 Å². The Balaban J connectivity index is 1.58. The molecule has 0 aromatic heterocycles. The van der Waals surface area contributed by atoms with Crippen LogP contribution in [0.2, 0.25) is 0 Å². The van der Waals surface area contributed by atoms with E-state index in [1.807, 2.05) is 0 Å². The van der Waals surface area contributed by atoms with Crippen LogP contribution in [0.4, 0.5) is 0 Å². The van der Waals surface area contributed by atoms with Gasteiger partial charge in [0.15, 0.2) is 0 Å². The van der Waals surface area contributed by atoms with Gasteiger partial charge in [0.1, 0.15) is 0 Å². The second-order valence-corrected chi connectivity index (χ2v) is 5.93. The molecule has 0 spiro atoms. The van der Waals surface area contributed by atoms with Crippen molar-refractivity contribution in [1.29, 1.82) is 0 Å². The summed E-state index contributed by atoms with van der Waals surface area (Å²) in [7, 11) is 0. The van der Waals surface area contributed by atoms with E-state index in [0.717, 1.165) is 19.1 Å². The highest BCUT2D eigenvalue weighted by Gasteiger charge is 2.37. The molecule has 2 aliphatic rings. The first-order valence-corrected chi connectivity index (χ1v) is 6.60. The van der Waals surface area contributed by atoms with E-state index in [1.54, 1.807) is 0 Å². The molecule has 0 bridgehead atoms. The molecule has 0 N–H and O–H groups in total. The van der Waals surface area contributed by atoms with Crippen molar-refractivity contribution in [1.82, 2.24) is 4.90 Å². The van der Waals surface area contributed by atoms with Crippen molar-refractivity contribution < 1.29 is 4.74 Å². The van der Waals surface area contributed by atoms with Gasteiger partial charge in [0.05, 0.1) is 13.2 Å². The van der Waals surface area contributed by atoms with Crippen molar-refractivity contribution in [2.75, 3.05) is 32.8 Å². The molecule has 0 radical (unpaired) electrons. The monoisotopic (exact) mass is 231 g/mol. The van der Waals surface area contributed by atoms with Crippen molar-refractivity contribution in [2.45, 2.75) is 19.3 Å².